The molecule has 3 aromatic rings. The van der Waals surface area contributed by atoms with Crippen molar-refractivity contribution >= 4 is 5.65 Å². The predicted molar refractivity (Wildman–Crippen MR) is 71.4 cm³/mol. The van der Waals surface area contributed by atoms with Gasteiger partial charge >= 0.3 is 0 Å². The van der Waals surface area contributed by atoms with Crippen molar-refractivity contribution in [1.29, 1.82) is 5.26 Å². The van der Waals surface area contributed by atoms with Crippen LogP contribution in [0, 0.1) is 17.1 Å². The van der Waals surface area contributed by atoms with Crippen LogP contribution in [0.5, 0.6) is 11.5 Å². The van der Waals surface area contributed by atoms with Crippen LogP contribution in [0.4, 0.5) is 4.39 Å². The Morgan fingerprint density at radius 3 is 2.90 bits per heavy atom. The fourth-order valence-corrected chi connectivity index (χ4v) is 2.37. The Bertz CT molecular complexity index is 911. The number of nitrogens with zero attached hydrogens (tertiary/aromatic N) is 3. The van der Waals surface area contributed by atoms with Crippen molar-refractivity contribution in [2.75, 3.05) is 6.79 Å². The lowest BCUT2D eigenvalue weighted by atomic mass is 10.1. The van der Waals surface area contributed by atoms with Crippen molar-refractivity contribution in [1.82, 2.24) is 9.38 Å². The SMILES string of the molecule is N#Cc1c(-c2ccc3c(c2)OCO3)nc2ccc(F)cn12. The Kier molecular flexibility index (Phi) is 2.35. The number of benzene rings is 1. The fraction of sp³-hybridized carbons (Fsp3) is 0.0667. The Morgan fingerprint density at radius 2 is 2.05 bits per heavy atom. The first kappa shape index (κ1) is 11.7. The van der Waals surface area contributed by atoms with Gasteiger partial charge in [-0.1, -0.05) is 0 Å². The maximum atomic E-state index is 13.3. The van der Waals surface area contributed by atoms with Gasteiger partial charge in [0.15, 0.2) is 17.2 Å². The molecule has 1 aliphatic rings. The fourth-order valence-electron chi connectivity index (χ4n) is 2.37. The summed E-state index contributed by atoms with van der Waals surface area (Å²) in [5, 5.41) is 9.36. The zero-order chi connectivity index (χ0) is 14.4. The van der Waals surface area contributed by atoms with Crippen LogP contribution in [0.2, 0.25) is 0 Å². The van der Waals surface area contributed by atoms with Gasteiger partial charge in [0.25, 0.3) is 0 Å². The van der Waals surface area contributed by atoms with E-state index < -0.39 is 5.82 Å². The predicted octanol–water partition coefficient (Wildman–Crippen LogP) is 2.74. The maximum Gasteiger partial charge on any atom is 0.231 e. The van der Waals surface area contributed by atoms with E-state index in [2.05, 4.69) is 11.1 Å². The highest BCUT2D eigenvalue weighted by molar-refractivity contribution is 5.72. The lowest BCUT2D eigenvalue weighted by Crippen LogP contribution is -1.92. The molecular weight excluding hydrogens is 273 g/mol. The number of ether oxygens (including phenoxy) is 2. The van der Waals surface area contributed by atoms with Crippen LogP contribution >= 0.6 is 0 Å². The molecule has 0 bridgehead atoms. The maximum absolute atomic E-state index is 13.3. The van der Waals surface area contributed by atoms with E-state index in [1.807, 2.05) is 0 Å². The van der Waals surface area contributed by atoms with Gasteiger partial charge in [0.1, 0.15) is 23.2 Å². The normalized spacial score (nSPS) is 12.6. The van der Waals surface area contributed by atoms with Crippen molar-refractivity contribution in [3.8, 4) is 28.8 Å². The molecule has 102 valence electrons. The summed E-state index contributed by atoms with van der Waals surface area (Å²) in [6, 6.07) is 10.3. The second-order valence-electron chi connectivity index (χ2n) is 4.56. The molecule has 0 fully saturated rings. The van der Waals surface area contributed by atoms with E-state index in [1.165, 1.54) is 22.7 Å². The highest BCUT2D eigenvalue weighted by atomic mass is 19.1. The van der Waals surface area contributed by atoms with Crippen LogP contribution in [0.1, 0.15) is 5.69 Å². The smallest absolute Gasteiger partial charge is 0.231 e. The van der Waals surface area contributed by atoms with Gasteiger partial charge < -0.3 is 9.47 Å². The molecule has 1 aliphatic heterocycles. The van der Waals surface area contributed by atoms with E-state index in [-0.39, 0.29) is 12.5 Å². The molecule has 21 heavy (non-hydrogen) atoms. The lowest BCUT2D eigenvalue weighted by Gasteiger charge is -2.00. The molecule has 0 saturated heterocycles. The van der Waals surface area contributed by atoms with Gasteiger partial charge in [0.2, 0.25) is 6.79 Å². The summed E-state index contributed by atoms with van der Waals surface area (Å²) in [6.07, 6.45) is 1.25. The molecular formula is C15H8FN3O2. The van der Waals surface area contributed by atoms with Crippen LogP contribution < -0.4 is 9.47 Å². The van der Waals surface area contributed by atoms with E-state index in [9.17, 15) is 9.65 Å². The minimum absolute atomic E-state index is 0.181. The average Bonchev–Trinajstić information content (AvgIpc) is 3.09. The molecule has 2 aromatic heterocycles. The van der Waals surface area contributed by atoms with Gasteiger partial charge in [-0.05, 0) is 30.3 Å². The summed E-state index contributed by atoms with van der Waals surface area (Å²) < 4.78 is 25.4. The van der Waals surface area contributed by atoms with Crippen LogP contribution in [0.3, 0.4) is 0 Å². The van der Waals surface area contributed by atoms with Gasteiger partial charge in [-0.2, -0.15) is 5.26 Å². The minimum Gasteiger partial charge on any atom is -0.454 e. The van der Waals surface area contributed by atoms with Crippen molar-refractivity contribution in [2.45, 2.75) is 0 Å². The average molecular weight is 281 g/mol. The number of pyridine rings is 1. The first-order chi connectivity index (χ1) is 10.3. The first-order valence-corrected chi connectivity index (χ1v) is 6.24. The van der Waals surface area contributed by atoms with Gasteiger partial charge in [0, 0.05) is 11.8 Å². The molecule has 1 aromatic carbocycles. The summed E-state index contributed by atoms with van der Waals surface area (Å²) in [6.45, 7) is 0.181. The molecule has 4 rings (SSSR count). The van der Waals surface area contributed by atoms with Crippen LogP contribution in [-0.4, -0.2) is 16.2 Å². The Balaban J connectivity index is 1.96. The van der Waals surface area contributed by atoms with Crippen molar-refractivity contribution in [3.63, 3.8) is 0 Å². The summed E-state index contributed by atoms with van der Waals surface area (Å²) in [7, 11) is 0. The number of fused-ring (bicyclic) bond motifs is 2. The van der Waals surface area contributed by atoms with Gasteiger partial charge in [-0.25, -0.2) is 9.37 Å². The molecule has 0 N–H and O–H groups in total. The van der Waals surface area contributed by atoms with Gasteiger partial charge in [-0.3, -0.25) is 4.40 Å². The van der Waals surface area contributed by atoms with E-state index in [4.69, 9.17) is 9.47 Å². The Hall–Kier alpha value is -3.07. The number of imidazole rings is 1. The summed E-state index contributed by atoms with van der Waals surface area (Å²) in [5.74, 6) is 0.848. The largest absolute Gasteiger partial charge is 0.454 e. The number of rotatable bonds is 1. The monoisotopic (exact) mass is 281 g/mol. The summed E-state index contributed by atoms with van der Waals surface area (Å²) in [4.78, 5) is 4.40. The highest BCUT2D eigenvalue weighted by Gasteiger charge is 2.18. The van der Waals surface area contributed by atoms with Crippen molar-refractivity contribution < 1.29 is 13.9 Å². The quantitative estimate of drug-likeness (QED) is 0.688. The third-order valence-electron chi connectivity index (χ3n) is 3.33. The van der Waals surface area contributed by atoms with Crippen molar-refractivity contribution in [3.05, 3.63) is 48.0 Å². The molecule has 0 radical (unpaired) electrons. The zero-order valence-electron chi connectivity index (χ0n) is 10.7. The Labute approximate surface area is 118 Å². The number of nitriles is 1. The minimum atomic E-state index is -0.423. The topological polar surface area (TPSA) is 59.5 Å². The van der Waals surface area contributed by atoms with E-state index in [1.54, 1.807) is 18.2 Å². The number of hydrogen-bond acceptors (Lipinski definition) is 4. The molecule has 3 heterocycles. The molecule has 5 nitrogen and oxygen atoms in total. The number of aromatic nitrogens is 2. The summed E-state index contributed by atoms with van der Waals surface area (Å²) in [5.41, 5.74) is 2.00. The molecule has 0 aliphatic carbocycles. The van der Waals surface area contributed by atoms with Crippen LogP contribution in [0.15, 0.2) is 36.5 Å². The van der Waals surface area contributed by atoms with E-state index in [0.717, 1.165) is 5.56 Å². The zero-order valence-corrected chi connectivity index (χ0v) is 10.7. The second kappa shape index (κ2) is 4.21. The van der Waals surface area contributed by atoms with Crippen molar-refractivity contribution in [2.24, 2.45) is 0 Å². The van der Waals surface area contributed by atoms with E-state index in [0.29, 0.717) is 22.8 Å². The molecule has 0 atom stereocenters. The number of halogens is 1. The Morgan fingerprint density at radius 1 is 1.19 bits per heavy atom. The van der Waals surface area contributed by atoms with Crippen LogP contribution in [-0.2, 0) is 0 Å². The van der Waals surface area contributed by atoms with Gasteiger partial charge in [-0.15, -0.1) is 0 Å². The highest BCUT2D eigenvalue weighted by Crippen LogP contribution is 2.36. The molecule has 0 spiro atoms. The third-order valence-corrected chi connectivity index (χ3v) is 3.33. The van der Waals surface area contributed by atoms with Gasteiger partial charge in [0.05, 0.1) is 0 Å². The number of hydrogen-bond donors (Lipinski definition) is 0. The standard InChI is InChI=1S/C15H8FN3O2/c16-10-2-4-14-18-15(11(6-17)19(14)7-10)9-1-3-12-13(5-9)21-8-20-12/h1-5,7H,8H2. The second-order valence-corrected chi connectivity index (χ2v) is 4.56. The summed E-state index contributed by atoms with van der Waals surface area (Å²) >= 11 is 0. The molecule has 0 saturated carbocycles. The molecule has 0 unspecified atom stereocenters. The van der Waals surface area contributed by atoms with E-state index >= 15 is 0 Å². The first-order valence-electron chi connectivity index (χ1n) is 6.24. The molecule has 0 amide bonds. The lowest BCUT2D eigenvalue weighted by molar-refractivity contribution is 0.174. The molecule has 6 heteroatoms. The van der Waals surface area contributed by atoms with Crippen LogP contribution in [0.25, 0.3) is 16.9 Å². The third kappa shape index (κ3) is 1.71.